The van der Waals surface area contributed by atoms with E-state index in [0.29, 0.717) is 17.7 Å². The fraction of sp³-hybridized carbons (Fsp3) is 0.467. The van der Waals surface area contributed by atoms with Gasteiger partial charge in [-0.3, -0.25) is 9.59 Å². The quantitative estimate of drug-likeness (QED) is 0.516. The fourth-order valence-corrected chi connectivity index (χ4v) is 4.56. The maximum absolute atomic E-state index is 11.0. The van der Waals surface area contributed by atoms with Crippen LogP contribution < -0.4 is 0 Å². The van der Waals surface area contributed by atoms with Gasteiger partial charge in [0, 0.05) is 22.7 Å². The zero-order valence-corrected chi connectivity index (χ0v) is 15.3. The second-order valence-corrected chi connectivity index (χ2v) is 9.12. The zero-order valence-electron chi connectivity index (χ0n) is 12.3. The average Bonchev–Trinajstić information content (AvgIpc) is 2.24. The summed E-state index contributed by atoms with van der Waals surface area (Å²) in [7, 11) is -3.04. The third-order valence-electron chi connectivity index (χ3n) is 2.98. The number of carbonyl (C=O) groups excluding carboxylic acids is 2. The van der Waals surface area contributed by atoms with Crippen molar-refractivity contribution < 1.29 is 18.0 Å². The molecule has 0 amide bonds. The number of Topliss-reactive ketones (excluding diaryl/α,β-unsaturated/α-hetero) is 2. The Kier molecular flexibility index (Phi) is 6.10. The van der Waals surface area contributed by atoms with E-state index >= 15 is 0 Å². The van der Waals surface area contributed by atoms with Gasteiger partial charge in [0.15, 0.2) is 9.84 Å². The number of ketones is 2. The molecule has 1 aromatic rings. The Balaban J connectivity index is 0.000000211. The third-order valence-corrected chi connectivity index (χ3v) is 5.44. The standard InChI is InChI=1S/C8H12O2.C7H7IO2S/c1-8(2)4-6(9)3-7(10)5-8;1-11(9,10)7-5-3-2-4-6(7)8/h3-5H2,1-2H3;2-5H,1H3. The van der Waals surface area contributed by atoms with Gasteiger partial charge in [-0.25, -0.2) is 8.42 Å². The molecule has 0 aliphatic heterocycles. The zero-order chi connectivity index (χ0) is 16.3. The van der Waals surface area contributed by atoms with Crippen molar-refractivity contribution in [1.29, 1.82) is 0 Å². The van der Waals surface area contributed by atoms with E-state index in [1.165, 1.54) is 6.26 Å². The molecule has 0 radical (unpaired) electrons. The number of sulfone groups is 1. The second-order valence-electron chi connectivity index (χ2n) is 5.97. The normalized spacial score (nSPS) is 17.9. The molecule has 6 heteroatoms. The number of benzene rings is 1. The summed E-state index contributed by atoms with van der Waals surface area (Å²) in [6.45, 7) is 3.92. The van der Waals surface area contributed by atoms with E-state index in [4.69, 9.17) is 0 Å². The lowest BCUT2D eigenvalue weighted by molar-refractivity contribution is -0.133. The Labute approximate surface area is 139 Å². The lowest BCUT2D eigenvalue weighted by atomic mass is 9.76. The predicted molar refractivity (Wildman–Crippen MR) is 89.9 cm³/mol. The molecule has 0 atom stereocenters. The molecule has 21 heavy (non-hydrogen) atoms. The van der Waals surface area contributed by atoms with E-state index in [-0.39, 0.29) is 23.4 Å². The molecule has 0 spiro atoms. The first-order chi connectivity index (χ1) is 9.51. The van der Waals surface area contributed by atoms with Crippen molar-refractivity contribution in [1.82, 2.24) is 0 Å². The van der Waals surface area contributed by atoms with Gasteiger partial charge in [-0.1, -0.05) is 26.0 Å². The van der Waals surface area contributed by atoms with Gasteiger partial charge in [0.1, 0.15) is 11.6 Å². The van der Waals surface area contributed by atoms with Crippen LogP contribution in [-0.4, -0.2) is 26.2 Å². The first-order valence-electron chi connectivity index (χ1n) is 6.49. The first-order valence-corrected chi connectivity index (χ1v) is 9.46. The van der Waals surface area contributed by atoms with Crippen LogP contribution in [0.15, 0.2) is 29.2 Å². The summed E-state index contributed by atoms with van der Waals surface area (Å²) in [6, 6.07) is 6.92. The van der Waals surface area contributed by atoms with Crippen LogP contribution in [0.25, 0.3) is 0 Å². The van der Waals surface area contributed by atoms with Gasteiger partial charge in [-0.05, 0) is 40.1 Å². The summed E-state index contributed by atoms with van der Waals surface area (Å²) in [5, 5.41) is 0. The van der Waals surface area contributed by atoms with Crippen molar-refractivity contribution in [3.05, 3.63) is 27.8 Å². The van der Waals surface area contributed by atoms with Crippen LogP contribution in [0.1, 0.15) is 33.1 Å². The van der Waals surface area contributed by atoms with Gasteiger partial charge in [0.05, 0.1) is 11.3 Å². The Morgan fingerprint density at radius 2 is 1.52 bits per heavy atom. The molecule has 0 unspecified atom stereocenters. The van der Waals surface area contributed by atoms with Crippen LogP contribution in [0.2, 0.25) is 0 Å². The van der Waals surface area contributed by atoms with Crippen LogP contribution >= 0.6 is 22.6 Å². The van der Waals surface area contributed by atoms with Crippen molar-refractivity contribution in [3.8, 4) is 0 Å². The molecule has 0 N–H and O–H groups in total. The highest BCUT2D eigenvalue weighted by molar-refractivity contribution is 14.1. The number of hydrogen-bond donors (Lipinski definition) is 0. The minimum Gasteiger partial charge on any atom is -0.299 e. The maximum atomic E-state index is 11.0. The topological polar surface area (TPSA) is 68.3 Å². The predicted octanol–water partition coefficient (Wildman–Crippen LogP) is 3.03. The summed E-state index contributed by atoms with van der Waals surface area (Å²) >= 11 is 2.01. The van der Waals surface area contributed by atoms with Crippen molar-refractivity contribution in [2.45, 2.75) is 38.0 Å². The van der Waals surface area contributed by atoms with E-state index < -0.39 is 9.84 Å². The molecule has 1 aliphatic carbocycles. The Morgan fingerprint density at radius 1 is 1.05 bits per heavy atom. The number of carbonyl (C=O) groups is 2. The lowest BCUT2D eigenvalue weighted by Gasteiger charge is -2.26. The lowest BCUT2D eigenvalue weighted by Crippen LogP contribution is -2.28. The van der Waals surface area contributed by atoms with Gasteiger partial charge < -0.3 is 0 Å². The van der Waals surface area contributed by atoms with Crippen LogP contribution in [0.5, 0.6) is 0 Å². The highest BCUT2D eigenvalue weighted by Crippen LogP contribution is 2.30. The smallest absolute Gasteiger partial charge is 0.176 e. The summed E-state index contributed by atoms with van der Waals surface area (Å²) in [5.74, 6) is 0.197. The minimum atomic E-state index is -3.04. The molecule has 1 saturated carbocycles. The van der Waals surface area contributed by atoms with Crippen molar-refractivity contribution >= 4 is 44.0 Å². The number of halogens is 1. The molecule has 2 rings (SSSR count). The van der Waals surface area contributed by atoms with Crippen molar-refractivity contribution in [2.24, 2.45) is 5.41 Å². The Bertz CT molecular complexity index is 629. The molecular weight excluding hydrogens is 403 g/mol. The van der Waals surface area contributed by atoms with Crippen LogP contribution in [0.4, 0.5) is 0 Å². The molecule has 4 nitrogen and oxygen atoms in total. The Morgan fingerprint density at radius 3 is 1.86 bits per heavy atom. The van der Waals surface area contributed by atoms with E-state index in [1.807, 2.05) is 42.5 Å². The first kappa shape index (κ1) is 18.3. The highest BCUT2D eigenvalue weighted by atomic mass is 127. The molecule has 1 aromatic carbocycles. The van der Waals surface area contributed by atoms with Gasteiger partial charge in [-0.15, -0.1) is 0 Å². The summed E-state index contributed by atoms with van der Waals surface area (Å²) in [5.41, 5.74) is -0.0770. The summed E-state index contributed by atoms with van der Waals surface area (Å²) in [6.07, 6.45) is 2.52. The second kappa shape index (κ2) is 7.00. The van der Waals surface area contributed by atoms with Crippen LogP contribution in [-0.2, 0) is 19.4 Å². The largest absolute Gasteiger partial charge is 0.299 e. The van der Waals surface area contributed by atoms with Gasteiger partial charge in [-0.2, -0.15) is 0 Å². The molecule has 0 heterocycles. The molecule has 116 valence electrons. The van der Waals surface area contributed by atoms with Gasteiger partial charge >= 0.3 is 0 Å². The number of rotatable bonds is 1. The third kappa shape index (κ3) is 6.25. The average molecular weight is 422 g/mol. The molecule has 0 bridgehead atoms. The SMILES string of the molecule is CC1(C)CC(=O)CC(=O)C1.CS(=O)(=O)c1ccccc1I. The maximum Gasteiger partial charge on any atom is 0.176 e. The van der Waals surface area contributed by atoms with Crippen LogP contribution in [0, 0.1) is 8.99 Å². The van der Waals surface area contributed by atoms with E-state index in [1.54, 1.807) is 18.2 Å². The van der Waals surface area contributed by atoms with E-state index in [9.17, 15) is 18.0 Å². The Hall–Kier alpha value is -0.760. The summed E-state index contributed by atoms with van der Waals surface area (Å²) in [4.78, 5) is 22.1. The molecular formula is C15H19IO4S. The monoisotopic (exact) mass is 422 g/mol. The molecule has 0 aromatic heterocycles. The highest BCUT2D eigenvalue weighted by Gasteiger charge is 2.31. The molecule has 0 saturated heterocycles. The fourth-order valence-electron chi connectivity index (χ4n) is 2.22. The van der Waals surface area contributed by atoms with Gasteiger partial charge in [0.25, 0.3) is 0 Å². The van der Waals surface area contributed by atoms with Gasteiger partial charge in [0.2, 0.25) is 0 Å². The number of hydrogen-bond acceptors (Lipinski definition) is 4. The van der Waals surface area contributed by atoms with Crippen molar-refractivity contribution in [2.75, 3.05) is 6.26 Å². The molecule has 1 fully saturated rings. The minimum absolute atomic E-state index is 0.0770. The van der Waals surface area contributed by atoms with Crippen LogP contribution in [0.3, 0.4) is 0 Å². The van der Waals surface area contributed by atoms with E-state index in [2.05, 4.69) is 0 Å². The van der Waals surface area contributed by atoms with Crippen molar-refractivity contribution in [3.63, 3.8) is 0 Å². The molecule has 1 aliphatic rings. The van der Waals surface area contributed by atoms with E-state index in [0.717, 1.165) is 3.57 Å². The summed E-state index contributed by atoms with van der Waals surface area (Å²) < 4.78 is 22.9.